The minimum atomic E-state index is -0.570. The fourth-order valence-electron chi connectivity index (χ4n) is 3.94. The third kappa shape index (κ3) is 6.00. The van der Waals surface area contributed by atoms with E-state index in [1.54, 1.807) is 31.2 Å². The highest BCUT2D eigenvalue weighted by molar-refractivity contribution is 5.81. The van der Waals surface area contributed by atoms with Crippen LogP contribution in [0.25, 0.3) is 11.4 Å². The molecule has 8 heteroatoms. The Kier molecular flexibility index (Phi) is 7.55. The first-order valence-corrected chi connectivity index (χ1v) is 11.6. The molecule has 0 unspecified atom stereocenters. The van der Waals surface area contributed by atoms with E-state index in [2.05, 4.69) is 21.1 Å². The monoisotopic (exact) mass is 459 g/mol. The van der Waals surface area contributed by atoms with Crippen LogP contribution in [0.1, 0.15) is 30.4 Å². The number of aromatic nitrogens is 2. The maximum Gasteiger partial charge on any atom is 0.263 e. The fraction of sp³-hybridized carbons (Fsp3) is 0.385. The van der Waals surface area contributed by atoms with Crippen LogP contribution >= 0.6 is 0 Å². The van der Waals surface area contributed by atoms with Gasteiger partial charge in [-0.1, -0.05) is 35.0 Å². The smallest absolute Gasteiger partial charge is 0.263 e. The molecule has 1 saturated heterocycles. The Hall–Kier alpha value is -3.70. The van der Waals surface area contributed by atoms with Crippen LogP contribution in [0.15, 0.2) is 53.1 Å². The van der Waals surface area contributed by atoms with Crippen molar-refractivity contribution in [3.05, 3.63) is 65.5 Å². The van der Waals surface area contributed by atoms with Crippen molar-refractivity contribution < 1.29 is 14.1 Å². The lowest BCUT2D eigenvalue weighted by molar-refractivity contribution is -0.139. The third-order valence-electron chi connectivity index (χ3n) is 5.97. The number of aryl methyl sites for hydroxylation is 2. The number of carbonyl (C=O) groups is 1. The molecule has 0 spiro atoms. The molecule has 2 aromatic carbocycles. The molecule has 1 aromatic heterocycles. The first kappa shape index (κ1) is 23.5. The van der Waals surface area contributed by atoms with Gasteiger partial charge in [0.15, 0.2) is 6.10 Å². The molecule has 1 amide bonds. The Morgan fingerprint density at radius 3 is 2.50 bits per heavy atom. The largest absolute Gasteiger partial charge is 0.481 e. The molecule has 0 saturated carbocycles. The molecular formula is C26H29N5O3. The maximum absolute atomic E-state index is 12.8. The average Bonchev–Trinajstić information content (AvgIpc) is 3.34. The summed E-state index contributed by atoms with van der Waals surface area (Å²) in [4.78, 5) is 21.5. The van der Waals surface area contributed by atoms with Crippen LogP contribution in [-0.2, 0) is 11.2 Å². The van der Waals surface area contributed by atoms with Gasteiger partial charge in [0.05, 0.1) is 11.6 Å². The van der Waals surface area contributed by atoms with Crippen molar-refractivity contribution in [1.82, 2.24) is 19.9 Å². The van der Waals surface area contributed by atoms with Gasteiger partial charge in [-0.3, -0.25) is 9.69 Å². The van der Waals surface area contributed by atoms with E-state index < -0.39 is 6.10 Å². The lowest BCUT2D eigenvalue weighted by Gasteiger charge is -2.35. The molecule has 0 aliphatic carbocycles. The summed E-state index contributed by atoms with van der Waals surface area (Å²) in [5, 5.41) is 13.0. The van der Waals surface area contributed by atoms with E-state index in [9.17, 15) is 4.79 Å². The lowest BCUT2D eigenvalue weighted by Crippen LogP contribution is -2.52. The van der Waals surface area contributed by atoms with Crippen molar-refractivity contribution in [2.75, 3.05) is 32.7 Å². The van der Waals surface area contributed by atoms with Crippen molar-refractivity contribution >= 4 is 5.91 Å². The van der Waals surface area contributed by atoms with Crippen molar-refractivity contribution in [3.8, 4) is 23.2 Å². The maximum atomic E-state index is 12.8. The normalized spacial score (nSPS) is 15.0. The Morgan fingerprint density at radius 2 is 1.82 bits per heavy atom. The Balaban J connectivity index is 1.18. The van der Waals surface area contributed by atoms with Gasteiger partial charge in [-0.2, -0.15) is 10.2 Å². The molecular weight excluding hydrogens is 430 g/mol. The van der Waals surface area contributed by atoms with Gasteiger partial charge in [0.1, 0.15) is 5.75 Å². The highest BCUT2D eigenvalue weighted by Crippen LogP contribution is 2.18. The molecule has 1 aliphatic heterocycles. The molecule has 34 heavy (non-hydrogen) atoms. The minimum absolute atomic E-state index is 0.0153. The van der Waals surface area contributed by atoms with Crippen molar-refractivity contribution in [3.63, 3.8) is 0 Å². The van der Waals surface area contributed by atoms with Gasteiger partial charge in [-0.05, 0) is 51.1 Å². The van der Waals surface area contributed by atoms with Gasteiger partial charge in [-0.15, -0.1) is 0 Å². The Bertz CT molecular complexity index is 1130. The van der Waals surface area contributed by atoms with Crippen molar-refractivity contribution in [1.29, 1.82) is 5.26 Å². The van der Waals surface area contributed by atoms with Gasteiger partial charge >= 0.3 is 0 Å². The molecule has 2 heterocycles. The molecule has 1 atom stereocenters. The molecule has 176 valence electrons. The van der Waals surface area contributed by atoms with E-state index in [4.69, 9.17) is 14.5 Å². The molecule has 0 radical (unpaired) electrons. The highest BCUT2D eigenvalue weighted by Gasteiger charge is 2.26. The summed E-state index contributed by atoms with van der Waals surface area (Å²) in [6.07, 6.45) is 1.08. The van der Waals surface area contributed by atoms with E-state index in [1.165, 1.54) is 5.56 Å². The van der Waals surface area contributed by atoms with Crippen LogP contribution < -0.4 is 4.74 Å². The molecule has 8 nitrogen and oxygen atoms in total. The summed E-state index contributed by atoms with van der Waals surface area (Å²) < 4.78 is 11.2. The van der Waals surface area contributed by atoms with Crippen LogP contribution in [0.3, 0.4) is 0 Å². The summed E-state index contributed by atoms with van der Waals surface area (Å²) >= 11 is 0. The van der Waals surface area contributed by atoms with Gasteiger partial charge in [0, 0.05) is 38.2 Å². The summed E-state index contributed by atoms with van der Waals surface area (Å²) in [7, 11) is 0. The fourth-order valence-corrected chi connectivity index (χ4v) is 3.94. The number of hydrogen-bond donors (Lipinski definition) is 0. The molecule has 1 aliphatic rings. The Labute approximate surface area is 199 Å². The molecule has 0 N–H and O–H groups in total. The quantitative estimate of drug-likeness (QED) is 0.509. The average molecular weight is 460 g/mol. The number of nitrogens with zero attached hydrogens (tertiary/aromatic N) is 5. The molecule has 1 fully saturated rings. The van der Waals surface area contributed by atoms with E-state index in [1.807, 2.05) is 36.1 Å². The molecule has 3 aromatic rings. The number of rotatable bonds is 8. The second-order valence-electron chi connectivity index (χ2n) is 8.54. The van der Waals surface area contributed by atoms with E-state index in [-0.39, 0.29) is 5.91 Å². The van der Waals surface area contributed by atoms with Crippen LogP contribution in [0.2, 0.25) is 0 Å². The van der Waals surface area contributed by atoms with Crippen LogP contribution in [0.4, 0.5) is 0 Å². The second-order valence-corrected chi connectivity index (χ2v) is 8.54. The first-order valence-electron chi connectivity index (χ1n) is 11.6. The third-order valence-corrected chi connectivity index (χ3v) is 5.97. The van der Waals surface area contributed by atoms with Crippen LogP contribution in [-0.4, -0.2) is 64.7 Å². The van der Waals surface area contributed by atoms with Gasteiger partial charge < -0.3 is 14.2 Å². The number of carbonyl (C=O) groups excluding carboxylic acids is 1. The van der Waals surface area contributed by atoms with E-state index >= 15 is 0 Å². The summed E-state index contributed by atoms with van der Waals surface area (Å²) in [5.41, 5.74) is 2.72. The summed E-state index contributed by atoms with van der Waals surface area (Å²) in [6.45, 7) is 7.74. The van der Waals surface area contributed by atoms with Gasteiger partial charge in [0.25, 0.3) is 5.91 Å². The number of hydrogen-bond acceptors (Lipinski definition) is 7. The zero-order valence-electron chi connectivity index (χ0n) is 19.6. The predicted molar refractivity (Wildman–Crippen MR) is 127 cm³/mol. The number of piperazine rings is 1. The minimum Gasteiger partial charge on any atom is -0.481 e. The van der Waals surface area contributed by atoms with Crippen LogP contribution in [0, 0.1) is 18.3 Å². The number of amides is 1. The van der Waals surface area contributed by atoms with E-state index in [0.717, 1.165) is 38.0 Å². The van der Waals surface area contributed by atoms with Crippen molar-refractivity contribution in [2.24, 2.45) is 0 Å². The molecule has 4 rings (SSSR count). The first-order chi connectivity index (χ1) is 16.5. The van der Waals surface area contributed by atoms with Gasteiger partial charge in [-0.25, -0.2) is 0 Å². The zero-order valence-corrected chi connectivity index (χ0v) is 19.6. The lowest BCUT2D eigenvalue weighted by atomic mass is 10.1. The SMILES string of the molecule is Cc1ccc(-c2noc(CCCN3CCN(C(=O)[C@H](C)Oc4ccc(C#N)cc4)CC3)n2)cc1. The standard InChI is InChI=1S/C26H29N5O3/c1-19-5-9-22(10-6-19)25-28-24(34-29-25)4-3-13-30-14-16-31(17-15-30)26(32)20(2)33-23-11-7-21(18-27)8-12-23/h5-12,20H,3-4,13-17H2,1-2H3/t20-/m0/s1. The van der Waals surface area contributed by atoms with Gasteiger partial charge in [0.2, 0.25) is 11.7 Å². The highest BCUT2D eigenvalue weighted by atomic mass is 16.5. The second kappa shape index (κ2) is 10.9. The summed E-state index contributed by atoms with van der Waals surface area (Å²) in [5.74, 6) is 1.85. The van der Waals surface area contributed by atoms with Crippen LogP contribution in [0.5, 0.6) is 5.75 Å². The Morgan fingerprint density at radius 1 is 1.12 bits per heavy atom. The molecule has 0 bridgehead atoms. The predicted octanol–water partition coefficient (Wildman–Crippen LogP) is 3.46. The number of nitriles is 1. The topological polar surface area (TPSA) is 95.5 Å². The van der Waals surface area contributed by atoms with Crippen molar-refractivity contribution in [2.45, 2.75) is 32.8 Å². The summed E-state index contributed by atoms with van der Waals surface area (Å²) in [6, 6.07) is 16.9. The zero-order chi connectivity index (χ0) is 23.9. The number of benzene rings is 2. The number of ether oxygens (including phenoxy) is 1. The van der Waals surface area contributed by atoms with E-state index in [0.29, 0.717) is 36.1 Å².